The number of rotatable bonds is 5. The Hall–Kier alpha value is -1.85. The number of aromatic nitrogens is 2. The Balaban J connectivity index is 2.97. The van der Waals surface area contributed by atoms with Crippen molar-refractivity contribution < 1.29 is 9.53 Å². The van der Waals surface area contributed by atoms with E-state index >= 15 is 0 Å². The van der Waals surface area contributed by atoms with Gasteiger partial charge >= 0.3 is 5.97 Å². The zero-order valence-electron chi connectivity index (χ0n) is 10.4. The summed E-state index contributed by atoms with van der Waals surface area (Å²) in [5.41, 5.74) is 5.93. The SMILES string of the molecule is CCOC(=O)c1cnc(N(CC)CC)nc1N. The summed E-state index contributed by atoms with van der Waals surface area (Å²) in [5.74, 6) is 0.192. The summed E-state index contributed by atoms with van der Waals surface area (Å²) in [4.78, 5) is 21.7. The van der Waals surface area contributed by atoms with Crippen LogP contribution in [0.3, 0.4) is 0 Å². The molecule has 0 radical (unpaired) electrons. The van der Waals surface area contributed by atoms with Crippen LogP contribution in [0.5, 0.6) is 0 Å². The molecule has 1 aromatic rings. The van der Waals surface area contributed by atoms with Crippen molar-refractivity contribution in [2.24, 2.45) is 0 Å². The van der Waals surface area contributed by atoms with Crippen molar-refractivity contribution in [2.75, 3.05) is 30.3 Å². The van der Waals surface area contributed by atoms with Gasteiger partial charge in [-0.3, -0.25) is 0 Å². The van der Waals surface area contributed by atoms with Gasteiger partial charge in [-0.05, 0) is 20.8 Å². The zero-order valence-corrected chi connectivity index (χ0v) is 10.4. The van der Waals surface area contributed by atoms with E-state index in [2.05, 4.69) is 9.97 Å². The molecule has 0 amide bonds. The molecule has 0 aliphatic rings. The van der Waals surface area contributed by atoms with Crippen molar-refractivity contribution in [3.63, 3.8) is 0 Å². The van der Waals surface area contributed by atoms with Gasteiger partial charge in [-0.15, -0.1) is 0 Å². The Morgan fingerprint density at radius 3 is 2.53 bits per heavy atom. The van der Waals surface area contributed by atoms with E-state index < -0.39 is 5.97 Å². The summed E-state index contributed by atoms with van der Waals surface area (Å²) in [7, 11) is 0. The maximum Gasteiger partial charge on any atom is 0.343 e. The molecule has 1 aromatic heterocycles. The second kappa shape index (κ2) is 6.03. The van der Waals surface area contributed by atoms with E-state index in [4.69, 9.17) is 10.5 Å². The molecule has 1 heterocycles. The Morgan fingerprint density at radius 1 is 1.41 bits per heavy atom. The van der Waals surface area contributed by atoms with Gasteiger partial charge < -0.3 is 15.4 Å². The van der Waals surface area contributed by atoms with Crippen molar-refractivity contribution in [1.82, 2.24) is 9.97 Å². The lowest BCUT2D eigenvalue weighted by atomic mass is 10.3. The molecule has 0 saturated heterocycles. The first-order valence-electron chi connectivity index (χ1n) is 5.68. The number of carbonyl (C=O) groups excluding carboxylic acids is 1. The number of anilines is 2. The molecular formula is C11H18N4O2. The van der Waals surface area contributed by atoms with Crippen LogP contribution in [0, 0.1) is 0 Å². The van der Waals surface area contributed by atoms with Crippen LogP contribution < -0.4 is 10.6 Å². The quantitative estimate of drug-likeness (QED) is 0.773. The van der Waals surface area contributed by atoms with Gasteiger partial charge in [-0.1, -0.05) is 0 Å². The maximum atomic E-state index is 11.5. The molecular weight excluding hydrogens is 220 g/mol. The predicted octanol–water partition coefficient (Wildman–Crippen LogP) is 1.08. The van der Waals surface area contributed by atoms with Crippen molar-refractivity contribution in [3.05, 3.63) is 11.8 Å². The fourth-order valence-corrected chi connectivity index (χ4v) is 1.41. The first-order valence-corrected chi connectivity index (χ1v) is 5.68. The number of ether oxygens (including phenoxy) is 1. The molecule has 0 spiro atoms. The normalized spacial score (nSPS) is 10.1. The van der Waals surface area contributed by atoms with Gasteiger partial charge in [-0.2, -0.15) is 4.98 Å². The van der Waals surface area contributed by atoms with Crippen molar-refractivity contribution in [2.45, 2.75) is 20.8 Å². The molecule has 0 bridgehead atoms. The molecule has 0 saturated carbocycles. The minimum absolute atomic E-state index is 0.153. The number of nitrogens with zero attached hydrogens (tertiary/aromatic N) is 3. The second-order valence-corrected chi connectivity index (χ2v) is 3.36. The number of hydrogen-bond acceptors (Lipinski definition) is 6. The van der Waals surface area contributed by atoms with Crippen LogP contribution in [0.4, 0.5) is 11.8 Å². The van der Waals surface area contributed by atoms with Gasteiger partial charge in [0.2, 0.25) is 5.95 Å². The van der Waals surface area contributed by atoms with Gasteiger partial charge in [0.15, 0.2) is 0 Å². The molecule has 0 aliphatic heterocycles. The third-order valence-electron chi connectivity index (χ3n) is 2.35. The highest BCUT2D eigenvalue weighted by atomic mass is 16.5. The van der Waals surface area contributed by atoms with Gasteiger partial charge in [-0.25, -0.2) is 9.78 Å². The third-order valence-corrected chi connectivity index (χ3v) is 2.35. The first kappa shape index (κ1) is 13.2. The molecule has 0 fully saturated rings. The monoisotopic (exact) mass is 238 g/mol. The summed E-state index contributed by atoms with van der Waals surface area (Å²) < 4.78 is 4.85. The summed E-state index contributed by atoms with van der Waals surface area (Å²) in [6.45, 7) is 7.61. The van der Waals surface area contributed by atoms with Crippen LogP contribution in [0.2, 0.25) is 0 Å². The molecule has 17 heavy (non-hydrogen) atoms. The standard InChI is InChI=1S/C11H18N4O2/c1-4-15(5-2)11-13-7-8(9(12)14-11)10(16)17-6-3/h7H,4-6H2,1-3H3,(H2,12,13,14). The first-order chi connectivity index (χ1) is 8.13. The summed E-state index contributed by atoms with van der Waals surface area (Å²) in [5, 5.41) is 0. The molecule has 0 atom stereocenters. The molecule has 1 rings (SSSR count). The van der Waals surface area contributed by atoms with E-state index in [0.717, 1.165) is 13.1 Å². The summed E-state index contributed by atoms with van der Waals surface area (Å²) in [6.07, 6.45) is 1.41. The smallest absolute Gasteiger partial charge is 0.343 e. The topological polar surface area (TPSA) is 81.3 Å². The maximum absolute atomic E-state index is 11.5. The lowest BCUT2D eigenvalue weighted by Gasteiger charge is -2.18. The Bertz CT molecular complexity index is 391. The van der Waals surface area contributed by atoms with Crippen LogP contribution in [0.15, 0.2) is 6.20 Å². The number of hydrogen-bond donors (Lipinski definition) is 1. The summed E-state index contributed by atoms with van der Waals surface area (Å²) in [6, 6.07) is 0. The van der Waals surface area contributed by atoms with Crippen LogP contribution in [-0.4, -0.2) is 35.6 Å². The lowest BCUT2D eigenvalue weighted by molar-refractivity contribution is 0.0527. The number of nitrogens with two attached hydrogens (primary N) is 1. The second-order valence-electron chi connectivity index (χ2n) is 3.36. The lowest BCUT2D eigenvalue weighted by Crippen LogP contribution is -2.25. The zero-order chi connectivity index (χ0) is 12.8. The van der Waals surface area contributed by atoms with Crippen LogP contribution in [0.25, 0.3) is 0 Å². The predicted molar refractivity (Wildman–Crippen MR) is 66.0 cm³/mol. The molecule has 0 unspecified atom stereocenters. The highest BCUT2D eigenvalue weighted by Crippen LogP contribution is 2.14. The van der Waals surface area contributed by atoms with E-state index in [-0.39, 0.29) is 11.4 Å². The van der Waals surface area contributed by atoms with E-state index in [1.54, 1.807) is 6.92 Å². The fourth-order valence-electron chi connectivity index (χ4n) is 1.41. The molecule has 6 nitrogen and oxygen atoms in total. The van der Waals surface area contributed by atoms with E-state index in [9.17, 15) is 4.79 Å². The van der Waals surface area contributed by atoms with Crippen molar-refractivity contribution in [3.8, 4) is 0 Å². The Kier molecular flexibility index (Phi) is 4.68. The van der Waals surface area contributed by atoms with Gasteiger partial charge in [0.25, 0.3) is 0 Å². The van der Waals surface area contributed by atoms with E-state index in [1.807, 2.05) is 18.7 Å². The molecule has 2 N–H and O–H groups in total. The molecule has 6 heteroatoms. The molecule has 94 valence electrons. The number of nitrogen functional groups attached to an aromatic ring is 1. The minimum atomic E-state index is -0.490. The Morgan fingerprint density at radius 2 is 2.06 bits per heavy atom. The van der Waals surface area contributed by atoms with Gasteiger partial charge in [0.05, 0.1) is 6.61 Å². The average Bonchev–Trinajstić information content (AvgIpc) is 2.31. The molecule has 0 aliphatic carbocycles. The third kappa shape index (κ3) is 3.05. The summed E-state index contributed by atoms with van der Waals surface area (Å²) >= 11 is 0. The Labute approximate surface area is 101 Å². The van der Waals surface area contributed by atoms with E-state index in [0.29, 0.717) is 12.6 Å². The van der Waals surface area contributed by atoms with E-state index in [1.165, 1.54) is 6.20 Å². The number of esters is 1. The van der Waals surface area contributed by atoms with Gasteiger partial charge in [0.1, 0.15) is 11.4 Å². The largest absolute Gasteiger partial charge is 0.462 e. The minimum Gasteiger partial charge on any atom is -0.462 e. The highest BCUT2D eigenvalue weighted by molar-refractivity contribution is 5.93. The number of carbonyl (C=O) groups is 1. The van der Waals surface area contributed by atoms with Crippen LogP contribution in [-0.2, 0) is 4.74 Å². The average molecular weight is 238 g/mol. The van der Waals surface area contributed by atoms with Crippen molar-refractivity contribution >= 4 is 17.7 Å². The molecule has 0 aromatic carbocycles. The van der Waals surface area contributed by atoms with Crippen LogP contribution >= 0.6 is 0 Å². The fraction of sp³-hybridized carbons (Fsp3) is 0.545. The highest BCUT2D eigenvalue weighted by Gasteiger charge is 2.15. The van der Waals surface area contributed by atoms with Gasteiger partial charge in [0, 0.05) is 19.3 Å². The van der Waals surface area contributed by atoms with Crippen LogP contribution in [0.1, 0.15) is 31.1 Å². The van der Waals surface area contributed by atoms with Crippen molar-refractivity contribution in [1.29, 1.82) is 0 Å².